The van der Waals surface area contributed by atoms with Crippen LogP contribution in [0.1, 0.15) is 5.56 Å². The maximum Gasteiger partial charge on any atom is 0.327 e. The van der Waals surface area contributed by atoms with E-state index in [2.05, 4.69) is 0 Å². The summed E-state index contributed by atoms with van der Waals surface area (Å²) in [6.45, 7) is 0. The molecule has 1 unspecified atom stereocenters. The van der Waals surface area contributed by atoms with E-state index in [1.54, 1.807) is 18.2 Å². The van der Waals surface area contributed by atoms with Crippen LogP contribution in [-0.4, -0.2) is 46.0 Å². The van der Waals surface area contributed by atoms with Crippen molar-refractivity contribution in [1.29, 1.82) is 0 Å². The van der Waals surface area contributed by atoms with Crippen LogP contribution in [-0.2, 0) is 21.2 Å². The van der Waals surface area contributed by atoms with Gasteiger partial charge in [0.05, 0.1) is 26.2 Å². The van der Waals surface area contributed by atoms with E-state index in [1.165, 1.54) is 26.4 Å². The highest BCUT2D eigenvalue weighted by molar-refractivity contribution is 7.92. The number of carboxylic acids is 1. The Labute approximate surface area is 157 Å². The van der Waals surface area contributed by atoms with E-state index < -0.39 is 27.9 Å². The molecular weight excluding hydrogens is 377 g/mol. The van der Waals surface area contributed by atoms with Crippen LogP contribution >= 0.6 is 0 Å². The van der Waals surface area contributed by atoms with Gasteiger partial charge in [-0.2, -0.15) is 0 Å². The van der Waals surface area contributed by atoms with Gasteiger partial charge in [-0.15, -0.1) is 0 Å². The minimum atomic E-state index is -3.96. The fourth-order valence-electron chi connectivity index (χ4n) is 2.69. The normalized spacial score (nSPS) is 12.3. The van der Waals surface area contributed by atoms with Gasteiger partial charge >= 0.3 is 5.97 Å². The van der Waals surface area contributed by atoms with Crippen molar-refractivity contribution in [1.82, 2.24) is 0 Å². The zero-order valence-corrected chi connectivity index (χ0v) is 15.9. The quantitative estimate of drug-likeness (QED) is 0.735. The predicted molar refractivity (Wildman–Crippen MR) is 98.4 cm³/mol. The van der Waals surface area contributed by atoms with E-state index in [9.17, 15) is 22.7 Å². The fraction of sp³-hybridized carbons (Fsp3) is 0.278. The molecule has 0 fully saturated rings. The average molecular weight is 397 g/mol. The summed E-state index contributed by atoms with van der Waals surface area (Å²) in [5.41, 5.74) is 0.542. The molecule has 1 atom stereocenters. The van der Waals surface area contributed by atoms with Gasteiger partial charge in [-0.05, 0) is 35.9 Å². The summed E-state index contributed by atoms with van der Waals surface area (Å²) >= 11 is 0. The molecule has 0 aliphatic heterocycles. The van der Waals surface area contributed by atoms with Gasteiger partial charge in [0, 0.05) is 12.5 Å². The Hall–Kier alpha value is -2.81. The van der Waals surface area contributed by atoms with Gasteiger partial charge in [0.1, 0.15) is 23.4 Å². The Morgan fingerprint density at radius 3 is 2.26 bits per heavy atom. The minimum Gasteiger partial charge on any atom is -0.497 e. The molecule has 2 rings (SSSR count). The number of anilines is 1. The summed E-state index contributed by atoms with van der Waals surface area (Å²) in [6, 6.07) is 7.94. The SMILES string of the molecule is COc1ccc(CC(C(=O)O)N(c2ccc(F)cc2)S(C)(=O)=O)c(OC)c1. The molecule has 0 spiro atoms. The Balaban J connectivity index is 2.50. The molecule has 0 heterocycles. The maximum atomic E-state index is 13.2. The summed E-state index contributed by atoms with van der Waals surface area (Å²) in [6.07, 6.45) is 0.741. The van der Waals surface area contributed by atoms with Crippen molar-refractivity contribution in [3.8, 4) is 11.5 Å². The number of benzene rings is 2. The lowest BCUT2D eigenvalue weighted by molar-refractivity contribution is -0.138. The first-order valence-corrected chi connectivity index (χ1v) is 9.71. The second kappa shape index (κ2) is 8.26. The van der Waals surface area contributed by atoms with E-state index in [1.807, 2.05) is 0 Å². The molecule has 0 saturated heterocycles. The number of carbonyl (C=O) groups is 1. The monoisotopic (exact) mass is 397 g/mol. The van der Waals surface area contributed by atoms with Crippen LogP contribution in [0.25, 0.3) is 0 Å². The predicted octanol–water partition coefficient (Wildman–Crippen LogP) is 2.30. The van der Waals surface area contributed by atoms with E-state index in [-0.39, 0.29) is 12.1 Å². The molecule has 0 saturated carbocycles. The fourth-order valence-corrected chi connectivity index (χ4v) is 3.82. The number of halogens is 1. The zero-order chi connectivity index (χ0) is 20.2. The van der Waals surface area contributed by atoms with Gasteiger partial charge in [-0.25, -0.2) is 17.6 Å². The number of methoxy groups -OCH3 is 2. The molecule has 2 aromatic rings. The summed E-state index contributed by atoms with van der Waals surface area (Å²) < 4.78 is 49.0. The van der Waals surface area contributed by atoms with Crippen molar-refractivity contribution in [2.45, 2.75) is 12.5 Å². The van der Waals surface area contributed by atoms with E-state index in [0.29, 0.717) is 17.1 Å². The number of hydrogen-bond donors (Lipinski definition) is 1. The molecule has 0 aromatic heterocycles. The molecule has 7 nitrogen and oxygen atoms in total. The van der Waals surface area contributed by atoms with Gasteiger partial charge in [0.15, 0.2) is 0 Å². The van der Waals surface area contributed by atoms with Crippen molar-refractivity contribution in [2.75, 3.05) is 24.8 Å². The Morgan fingerprint density at radius 1 is 1.15 bits per heavy atom. The topological polar surface area (TPSA) is 93.1 Å². The molecule has 0 radical (unpaired) electrons. The standard InChI is InChI=1S/C18H20FNO6S/c1-25-15-9-4-12(17(11-15)26-2)10-16(18(21)22)20(27(3,23)24)14-7-5-13(19)6-8-14/h4-9,11,16H,10H2,1-3H3,(H,21,22). The number of sulfonamides is 1. The Bertz CT molecular complexity index is 914. The van der Waals surface area contributed by atoms with Crippen molar-refractivity contribution in [3.63, 3.8) is 0 Å². The minimum absolute atomic E-state index is 0.0544. The highest BCUT2D eigenvalue weighted by Crippen LogP contribution is 2.29. The van der Waals surface area contributed by atoms with Gasteiger partial charge < -0.3 is 14.6 Å². The molecule has 27 heavy (non-hydrogen) atoms. The molecule has 146 valence electrons. The third-order valence-electron chi connectivity index (χ3n) is 3.91. The smallest absolute Gasteiger partial charge is 0.327 e. The molecule has 0 aliphatic rings. The molecule has 0 bridgehead atoms. The van der Waals surface area contributed by atoms with E-state index >= 15 is 0 Å². The number of carboxylic acid groups (broad SMARTS) is 1. The molecule has 1 N–H and O–H groups in total. The Kier molecular flexibility index (Phi) is 6.27. The third-order valence-corrected chi connectivity index (χ3v) is 5.09. The summed E-state index contributed by atoms with van der Waals surface area (Å²) in [4.78, 5) is 11.9. The lowest BCUT2D eigenvalue weighted by Crippen LogP contribution is -2.46. The lowest BCUT2D eigenvalue weighted by Gasteiger charge is -2.29. The molecule has 9 heteroatoms. The molecule has 2 aromatic carbocycles. The van der Waals surface area contributed by atoms with Crippen LogP contribution in [0.2, 0.25) is 0 Å². The largest absolute Gasteiger partial charge is 0.497 e. The van der Waals surface area contributed by atoms with Gasteiger partial charge in [0.25, 0.3) is 0 Å². The van der Waals surface area contributed by atoms with Crippen LogP contribution in [0, 0.1) is 5.82 Å². The summed E-state index contributed by atoms with van der Waals surface area (Å²) in [7, 11) is -1.06. The van der Waals surface area contributed by atoms with Gasteiger partial charge in [-0.1, -0.05) is 6.07 Å². The molecule has 0 amide bonds. The number of ether oxygens (including phenoxy) is 2. The van der Waals surface area contributed by atoms with E-state index in [4.69, 9.17) is 9.47 Å². The highest BCUT2D eigenvalue weighted by atomic mass is 32.2. The number of rotatable bonds is 8. The van der Waals surface area contributed by atoms with Crippen LogP contribution in [0.5, 0.6) is 11.5 Å². The van der Waals surface area contributed by atoms with Gasteiger partial charge in [-0.3, -0.25) is 4.31 Å². The lowest BCUT2D eigenvalue weighted by atomic mass is 10.0. The number of nitrogens with zero attached hydrogens (tertiary/aromatic N) is 1. The van der Waals surface area contributed by atoms with Gasteiger partial charge in [0.2, 0.25) is 10.0 Å². The number of aliphatic carboxylic acids is 1. The van der Waals surface area contributed by atoms with Crippen LogP contribution in [0.15, 0.2) is 42.5 Å². The van der Waals surface area contributed by atoms with Crippen molar-refractivity contribution in [2.24, 2.45) is 0 Å². The second-order valence-electron chi connectivity index (χ2n) is 5.77. The first-order chi connectivity index (χ1) is 12.7. The first kappa shape index (κ1) is 20.5. The van der Waals surface area contributed by atoms with E-state index in [0.717, 1.165) is 22.7 Å². The van der Waals surface area contributed by atoms with Crippen molar-refractivity contribution in [3.05, 3.63) is 53.8 Å². The highest BCUT2D eigenvalue weighted by Gasteiger charge is 2.33. The van der Waals surface area contributed by atoms with Crippen LogP contribution in [0.3, 0.4) is 0 Å². The first-order valence-electron chi connectivity index (χ1n) is 7.86. The molecular formula is C18H20FNO6S. The third kappa shape index (κ3) is 4.88. The zero-order valence-electron chi connectivity index (χ0n) is 15.0. The van der Waals surface area contributed by atoms with Crippen LogP contribution in [0.4, 0.5) is 10.1 Å². The number of hydrogen-bond acceptors (Lipinski definition) is 5. The maximum absolute atomic E-state index is 13.2. The average Bonchev–Trinajstić information content (AvgIpc) is 2.61. The second-order valence-corrected chi connectivity index (χ2v) is 7.63. The summed E-state index contributed by atoms with van der Waals surface area (Å²) in [5, 5.41) is 9.70. The van der Waals surface area contributed by atoms with Crippen molar-refractivity contribution < 1.29 is 32.2 Å². The van der Waals surface area contributed by atoms with Crippen molar-refractivity contribution >= 4 is 21.7 Å². The van der Waals surface area contributed by atoms with Crippen LogP contribution < -0.4 is 13.8 Å². The molecule has 0 aliphatic carbocycles. The Morgan fingerprint density at radius 2 is 1.78 bits per heavy atom. The summed E-state index contributed by atoms with van der Waals surface area (Å²) in [5.74, 6) is -1.02.